The van der Waals surface area contributed by atoms with Crippen molar-refractivity contribution in [1.82, 2.24) is 16.0 Å². The normalized spacial score (nSPS) is 15.2. The number of hydrogen-bond donors (Lipinski definition) is 8. The van der Waals surface area contributed by atoms with Gasteiger partial charge in [-0.3, -0.25) is 19.2 Å². The Labute approximate surface area is 208 Å². The van der Waals surface area contributed by atoms with Gasteiger partial charge in [0.2, 0.25) is 23.6 Å². The van der Waals surface area contributed by atoms with Gasteiger partial charge in [0.15, 0.2) is 0 Å². The van der Waals surface area contributed by atoms with Crippen molar-refractivity contribution >= 4 is 29.6 Å². The van der Waals surface area contributed by atoms with Crippen molar-refractivity contribution in [3.05, 3.63) is 29.8 Å². The van der Waals surface area contributed by atoms with Gasteiger partial charge >= 0.3 is 5.97 Å². The molecule has 0 aliphatic heterocycles. The standard InChI is InChI=1S/C23H35N5O8/c1-11(2)8-17(23(35)36)27-22(34)19(12(3)29)28-21(33)16(9-13-4-6-14(30)7-5-13)26-20(32)15(24)10-18(25)31/h4-7,11-12,15-17,19,29-30H,8-10,24H2,1-3H3,(H2,25,31)(H,26,32)(H,27,34)(H,28,33)(H,35,36). The zero-order valence-electron chi connectivity index (χ0n) is 20.4. The van der Waals surface area contributed by atoms with Crippen molar-refractivity contribution in [3.63, 3.8) is 0 Å². The van der Waals surface area contributed by atoms with Crippen LogP contribution < -0.4 is 27.4 Å². The van der Waals surface area contributed by atoms with Crippen LogP contribution >= 0.6 is 0 Å². The van der Waals surface area contributed by atoms with E-state index >= 15 is 0 Å². The molecule has 0 aromatic heterocycles. The maximum atomic E-state index is 13.1. The van der Waals surface area contributed by atoms with Crippen LogP contribution in [0.1, 0.15) is 39.2 Å². The van der Waals surface area contributed by atoms with E-state index in [-0.39, 0.29) is 24.5 Å². The van der Waals surface area contributed by atoms with Crippen LogP contribution in [0.4, 0.5) is 0 Å². The summed E-state index contributed by atoms with van der Waals surface area (Å²) in [6.07, 6.45) is -1.85. The molecule has 0 bridgehead atoms. The van der Waals surface area contributed by atoms with Crippen molar-refractivity contribution in [2.24, 2.45) is 17.4 Å². The van der Waals surface area contributed by atoms with E-state index in [1.54, 1.807) is 13.8 Å². The molecule has 4 amide bonds. The van der Waals surface area contributed by atoms with E-state index in [2.05, 4.69) is 16.0 Å². The second-order valence-corrected chi connectivity index (χ2v) is 8.96. The van der Waals surface area contributed by atoms with Crippen molar-refractivity contribution in [3.8, 4) is 5.75 Å². The number of aliphatic hydroxyl groups excluding tert-OH is 1. The molecule has 5 unspecified atom stereocenters. The molecule has 1 aromatic carbocycles. The molecule has 10 N–H and O–H groups in total. The number of carbonyl (C=O) groups excluding carboxylic acids is 4. The SMILES string of the molecule is CC(C)CC(NC(=O)C(NC(=O)C(Cc1ccc(O)cc1)NC(=O)C(N)CC(N)=O)C(C)O)C(=O)O. The number of primary amides is 1. The Morgan fingerprint density at radius 1 is 0.889 bits per heavy atom. The van der Waals surface area contributed by atoms with Crippen molar-refractivity contribution < 1.29 is 39.3 Å². The number of hydrogen-bond acceptors (Lipinski definition) is 8. The maximum absolute atomic E-state index is 13.1. The molecule has 0 radical (unpaired) electrons. The van der Waals surface area contributed by atoms with Crippen LogP contribution in [-0.2, 0) is 30.4 Å². The van der Waals surface area contributed by atoms with Crippen molar-refractivity contribution in [1.29, 1.82) is 0 Å². The third kappa shape index (κ3) is 10.3. The van der Waals surface area contributed by atoms with Gasteiger partial charge in [-0.05, 0) is 37.0 Å². The molecule has 200 valence electrons. The number of carbonyl (C=O) groups is 5. The summed E-state index contributed by atoms with van der Waals surface area (Å²) in [4.78, 5) is 60.9. The first-order chi connectivity index (χ1) is 16.7. The number of phenols is 1. The summed E-state index contributed by atoms with van der Waals surface area (Å²) in [7, 11) is 0. The fourth-order valence-electron chi connectivity index (χ4n) is 3.28. The fraction of sp³-hybridized carbons (Fsp3) is 0.522. The number of carboxylic acid groups (broad SMARTS) is 1. The van der Waals surface area contributed by atoms with E-state index < -0.39 is 66.3 Å². The molecule has 0 saturated carbocycles. The van der Waals surface area contributed by atoms with Gasteiger partial charge in [0.05, 0.1) is 18.6 Å². The predicted octanol–water partition coefficient (Wildman–Crippen LogP) is -1.90. The van der Waals surface area contributed by atoms with Crippen LogP contribution in [0.2, 0.25) is 0 Å². The van der Waals surface area contributed by atoms with E-state index in [1.807, 2.05) is 0 Å². The lowest BCUT2D eigenvalue weighted by Gasteiger charge is -2.27. The molecule has 36 heavy (non-hydrogen) atoms. The predicted molar refractivity (Wildman–Crippen MR) is 128 cm³/mol. The van der Waals surface area contributed by atoms with Gasteiger partial charge in [-0.25, -0.2) is 4.79 Å². The summed E-state index contributed by atoms with van der Waals surface area (Å²) in [5.74, 6) is -4.82. The number of nitrogens with one attached hydrogen (secondary N) is 3. The summed E-state index contributed by atoms with van der Waals surface area (Å²) in [5.41, 5.74) is 11.3. The summed E-state index contributed by atoms with van der Waals surface area (Å²) in [5, 5.41) is 36.0. The number of carboxylic acids is 1. The minimum Gasteiger partial charge on any atom is -0.508 e. The van der Waals surface area contributed by atoms with Gasteiger partial charge in [0.1, 0.15) is 23.9 Å². The first-order valence-electron chi connectivity index (χ1n) is 11.3. The molecule has 0 fully saturated rings. The second-order valence-electron chi connectivity index (χ2n) is 8.96. The lowest BCUT2D eigenvalue weighted by molar-refractivity contribution is -0.143. The van der Waals surface area contributed by atoms with Crippen LogP contribution in [0.25, 0.3) is 0 Å². The van der Waals surface area contributed by atoms with Crippen LogP contribution in [0.5, 0.6) is 5.75 Å². The molecule has 1 aromatic rings. The number of phenolic OH excluding ortho intramolecular Hbond substituents is 1. The lowest BCUT2D eigenvalue weighted by atomic mass is 10.0. The first-order valence-corrected chi connectivity index (χ1v) is 11.3. The minimum absolute atomic E-state index is 0.0208. The summed E-state index contributed by atoms with van der Waals surface area (Å²) in [6, 6.07) is 0.345. The Bertz CT molecular complexity index is 935. The number of aliphatic carboxylic acids is 1. The molecule has 0 aliphatic rings. The molecule has 0 aliphatic carbocycles. The van der Waals surface area contributed by atoms with Gasteiger partial charge < -0.3 is 42.7 Å². The number of amides is 4. The van der Waals surface area contributed by atoms with Gasteiger partial charge in [-0.15, -0.1) is 0 Å². The maximum Gasteiger partial charge on any atom is 0.326 e. The van der Waals surface area contributed by atoms with Crippen molar-refractivity contribution in [2.45, 2.75) is 70.3 Å². The third-order valence-corrected chi connectivity index (χ3v) is 5.15. The molecular formula is C23H35N5O8. The molecule has 0 spiro atoms. The molecule has 13 heteroatoms. The molecule has 0 saturated heterocycles. The largest absolute Gasteiger partial charge is 0.508 e. The summed E-state index contributed by atoms with van der Waals surface area (Å²) >= 11 is 0. The number of nitrogens with two attached hydrogens (primary N) is 2. The number of aliphatic hydroxyl groups is 1. The highest BCUT2D eigenvalue weighted by atomic mass is 16.4. The van der Waals surface area contributed by atoms with Crippen LogP contribution in [-0.4, -0.2) is 75.2 Å². The quantitative estimate of drug-likeness (QED) is 0.140. The highest BCUT2D eigenvalue weighted by molar-refractivity contribution is 5.95. The fourth-order valence-corrected chi connectivity index (χ4v) is 3.28. The Hall–Kier alpha value is -3.71. The monoisotopic (exact) mass is 509 g/mol. The van der Waals surface area contributed by atoms with E-state index in [4.69, 9.17) is 11.5 Å². The van der Waals surface area contributed by atoms with Crippen molar-refractivity contribution in [2.75, 3.05) is 0 Å². The Morgan fingerprint density at radius 3 is 1.92 bits per heavy atom. The Kier molecular flexibility index (Phi) is 11.8. The van der Waals surface area contributed by atoms with E-state index in [1.165, 1.54) is 31.2 Å². The van der Waals surface area contributed by atoms with E-state index in [0.29, 0.717) is 5.56 Å². The van der Waals surface area contributed by atoms with E-state index in [0.717, 1.165) is 0 Å². The number of rotatable bonds is 14. The van der Waals surface area contributed by atoms with Crippen LogP contribution in [0.3, 0.4) is 0 Å². The van der Waals surface area contributed by atoms with Gasteiger partial charge in [-0.2, -0.15) is 0 Å². The van der Waals surface area contributed by atoms with Gasteiger partial charge in [-0.1, -0.05) is 26.0 Å². The molecule has 1 rings (SSSR count). The Morgan fingerprint density at radius 2 is 1.44 bits per heavy atom. The van der Waals surface area contributed by atoms with Crippen LogP contribution in [0.15, 0.2) is 24.3 Å². The van der Waals surface area contributed by atoms with Gasteiger partial charge in [0.25, 0.3) is 0 Å². The van der Waals surface area contributed by atoms with E-state index in [9.17, 15) is 39.3 Å². The number of benzene rings is 1. The molecule has 5 atom stereocenters. The molecule has 13 nitrogen and oxygen atoms in total. The van der Waals surface area contributed by atoms with Gasteiger partial charge in [0, 0.05) is 6.42 Å². The highest BCUT2D eigenvalue weighted by Crippen LogP contribution is 2.12. The zero-order valence-corrected chi connectivity index (χ0v) is 20.4. The highest BCUT2D eigenvalue weighted by Gasteiger charge is 2.33. The first kappa shape index (κ1) is 30.3. The average molecular weight is 510 g/mol. The smallest absolute Gasteiger partial charge is 0.326 e. The van der Waals surface area contributed by atoms with Crippen LogP contribution in [0, 0.1) is 5.92 Å². The molecule has 0 heterocycles. The number of aromatic hydroxyl groups is 1. The topological polar surface area (TPSA) is 234 Å². The Balaban J connectivity index is 3.11. The summed E-state index contributed by atoms with van der Waals surface area (Å²) in [6.45, 7) is 4.78. The lowest BCUT2D eigenvalue weighted by Crippen LogP contribution is -2.60. The summed E-state index contributed by atoms with van der Waals surface area (Å²) < 4.78 is 0. The average Bonchev–Trinajstić information content (AvgIpc) is 2.76. The zero-order chi connectivity index (χ0) is 27.6. The molecular weight excluding hydrogens is 474 g/mol. The third-order valence-electron chi connectivity index (χ3n) is 5.15. The minimum atomic E-state index is -1.54. The second kappa shape index (κ2) is 14.0.